The summed E-state index contributed by atoms with van der Waals surface area (Å²) in [5.41, 5.74) is -0.0847. The van der Waals surface area contributed by atoms with Gasteiger partial charge in [0, 0.05) is 44.4 Å². The molecule has 5 rings (SSSR count). The maximum Gasteiger partial charge on any atom is 0.228 e. The SMILES string of the molecule is O=C1CCC[C@]2(CN(C(=O)[C@@H]3CC(=O)N(C4CC4)C3)C[C@H]2c2ccccc2F)N1. The number of amides is 3. The molecule has 1 aromatic rings. The lowest BCUT2D eigenvalue weighted by atomic mass is 9.76. The number of hydrogen-bond donors (Lipinski definition) is 1. The van der Waals surface area contributed by atoms with Gasteiger partial charge in [-0.2, -0.15) is 0 Å². The van der Waals surface area contributed by atoms with Gasteiger partial charge in [-0.1, -0.05) is 18.2 Å². The van der Waals surface area contributed by atoms with Gasteiger partial charge in [0.25, 0.3) is 0 Å². The minimum atomic E-state index is -0.633. The van der Waals surface area contributed by atoms with E-state index in [1.54, 1.807) is 23.1 Å². The van der Waals surface area contributed by atoms with Crippen molar-refractivity contribution in [1.82, 2.24) is 15.1 Å². The van der Waals surface area contributed by atoms with Crippen LogP contribution in [0.15, 0.2) is 24.3 Å². The van der Waals surface area contributed by atoms with Crippen LogP contribution < -0.4 is 5.32 Å². The molecule has 3 amide bonds. The fourth-order valence-electron chi connectivity index (χ4n) is 5.47. The van der Waals surface area contributed by atoms with Crippen molar-refractivity contribution in [2.45, 2.75) is 56.0 Å². The van der Waals surface area contributed by atoms with Gasteiger partial charge in [-0.15, -0.1) is 0 Å². The molecule has 1 spiro atoms. The van der Waals surface area contributed by atoms with E-state index < -0.39 is 5.54 Å². The minimum absolute atomic E-state index is 0.0390. The van der Waals surface area contributed by atoms with Crippen LogP contribution in [-0.4, -0.2) is 58.7 Å². The first-order valence-electron chi connectivity index (χ1n) is 10.6. The molecule has 4 aliphatic rings. The predicted octanol–water partition coefficient (Wildman–Crippen LogP) is 1.80. The van der Waals surface area contributed by atoms with Crippen molar-refractivity contribution in [3.05, 3.63) is 35.6 Å². The van der Waals surface area contributed by atoms with E-state index in [0.717, 1.165) is 25.7 Å². The normalized spacial score (nSPS) is 32.2. The molecule has 29 heavy (non-hydrogen) atoms. The molecular weight excluding hydrogens is 373 g/mol. The van der Waals surface area contributed by atoms with Crippen molar-refractivity contribution < 1.29 is 18.8 Å². The standard InChI is InChI=1S/C22H26FN3O3/c23-18-5-2-1-4-16(18)17-12-25(13-22(17)9-3-6-19(27)24-22)21(29)14-10-20(28)26(11-14)15-7-8-15/h1-2,4-5,14-15,17H,3,6-13H2,(H,24,27)/t14-,17+,22-/m1/s1. The van der Waals surface area contributed by atoms with Crippen LogP contribution in [0.2, 0.25) is 0 Å². The highest BCUT2D eigenvalue weighted by Gasteiger charge is 2.53. The average Bonchev–Trinajstić information content (AvgIpc) is 3.38. The Labute approximate surface area is 169 Å². The summed E-state index contributed by atoms with van der Waals surface area (Å²) in [6.07, 6.45) is 4.24. The first-order valence-corrected chi connectivity index (χ1v) is 10.6. The smallest absolute Gasteiger partial charge is 0.228 e. The lowest BCUT2D eigenvalue weighted by molar-refractivity contribution is -0.135. The number of nitrogens with one attached hydrogen (secondary N) is 1. The van der Waals surface area contributed by atoms with Crippen LogP contribution in [0.3, 0.4) is 0 Å². The molecule has 154 valence electrons. The van der Waals surface area contributed by atoms with E-state index in [1.165, 1.54) is 6.07 Å². The highest BCUT2D eigenvalue weighted by atomic mass is 19.1. The maximum absolute atomic E-state index is 14.6. The Morgan fingerprint density at radius 1 is 1.17 bits per heavy atom. The Balaban J connectivity index is 1.41. The lowest BCUT2D eigenvalue weighted by Crippen LogP contribution is -2.56. The second kappa shape index (κ2) is 6.82. The number of rotatable bonds is 3. The molecule has 1 N–H and O–H groups in total. The van der Waals surface area contributed by atoms with Crippen molar-refractivity contribution in [1.29, 1.82) is 0 Å². The predicted molar refractivity (Wildman–Crippen MR) is 103 cm³/mol. The highest BCUT2D eigenvalue weighted by molar-refractivity contribution is 5.90. The van der Waals surface area contributed by atoms with Crippen molar-refractivity contribution >= 4 is 17.7 Å². The summed E-state index contributed by atoms with van der Waals surface area (Å²) in [4.78, 5) is 41.4. The van der Waals surface area contributed by atoms with E-state index in [1.807, 2.05) is 4.90 Å². The summed E-state index contributed by atoms with van der Waals surface area (Å²) in [6.45, 7) is 1.24. The van der Waals surface area contributed by atoms with Gasteiger partial charge in [0.2, 0.25) is 17.7 Å². The van der Waals surface area contributed by atoms with E-state index in [4.69, 9.17) is 0 Å². The van der Waals surface area contributed by atoms with Gasteiger partial charge in [0.1, 0.15) is 5.82 Å². The van der Waals surface area contributed by atoms with Gasteiger partial charge in [0.15, 0.2) is 0 Å². The Morgan fingerprint density at radius 3 is 2.69 bits per heavy atom. The maximum atomic E-state index is 14.6. The molecule has 1 aromatic carbocycles. The highest BCUT2D eigenvalue weighted by Crippen LogP contribution is 2.43. The number of carbonyl (C=O) groups is 3. The summed E-state index contributed by atoms with van der Waals surface area (Å²) < 4.78 is 14.6. The van der Waals surface area contributed by atoms with Crippen molar-refractivity contribution in [2.75, 3.05) is 19.6 Å². The summed E-state index contributed by atoms with van der Waals surface area (Å²) in [5, 5.41) is 3.11. The van der Waals surface area contributed by atoms with Crippen LogP contribution in [0, 0.1) is 11.7 Å². The molecule has 3 heterocycles. The van der Waals surface area contributed by atoms with Crippen LogP contribution in [0.1, 0.15) is 50.0 Å². The molecule has 0 bridgehead atoms. The van der Waals surface area contributed by atoms with E-state index in [2.05, 4.69) is 5.32 Å². The topological polar surface area (TPSA) is 69.7 Å². The summed E-state index contributed by atoms with van der Waals surface area (Å²) in [6, 6.07) is 6.95. The zero-order chi connectivity index (χ0) is 20.2. The van der Waals surface area contributed by atoms with E-state index in [-0.39, 0.29) is 41.8 Å². The molecule has 0 unspecified atom stereocenters. The molecule has 0 radical (unpaired) electrons. The quantitative estimate of drug-likeness (QED) is 0.843. The van der Waals surface area contributed by atoms with Crippen LogP contribution in [0.4, 0.5) is 4.39 Å². The number of benzene rings is 1. The summed E-state index contributed by atoms with van der Waals surface area (Å²) in [7, 11) is 0. The van der Waals surface area contributed by atoms with Gasteiger partial charge < -0.3 is 15.1 Å². The number of halogens is 1. The van der Waals surface area contributed by atoms with Crippen LogP contribution in [-0.2, 0) is 14.4 Å². The fraction of sp³-hybridized carbons (Fsp3) is 0.591. The van der Waals surface area contributed by atoms with E-state index in [9.17, 15) is 18.8 Å². The third-order valence-corrected chi connectivity index (χ3v) is 7.05. The van der Waals surface area contributed by atoms with Gasteiger partial charge in [-0.25, -0.2) is 4.39 Å². The lowest BCUT2D eigenvalue weighted by Gasteiger charge is -2.39. The Bertz CT molecular complexity index is 871. The Morgan fingerprint density at radius 2 is 1.97 bits per heavy atom. The zero-order valence-electron chi connectivity index (χ0n) is 16.4. The third kappa shape index (κ3) is 3.20. The Hall–Kier alpha value is -2.44. The van der Waals surface area contributed by atoms with Gasteiger partial charge in [0.05, 0.1) is 11.5 Å². The molecule has 3 saturated heterocycles. The van der Waals surface area contributed by atoms with Crippen LogP contribution in [0.25, 0.3) is 0 Å². The van der Waals surface area contributed by atoms with Crippen molar-refractivity contribution in [3.63, 3.8) is 0 Å². The monoisotopic (exact) mass is 399 g/mol. The molecule has 0 aromatic heterocycles. The van der Waals surface area contributed by atoms with Crippen LogP contribution >= 0.6 is 0 Å². The van der Waals surface area contributed by atoms with Crippen LogP contribution in [0.5, 0.6) is 0 Å². The minimum Gasteiger partial charge on any atom is -0.348 e. The first-order chi connectivity index (χ1) is 14.0. The van der Waals surface area contributed by atoms with Gasteiger partial charge in [-0.05, 0) is 37.3 Å². The van der Waals surface area contributed by atoms with E-state index in [0.29, 0.717) is 37.7 Å². The van der Waals surface area contributed by atoms with Crippen molar-refractivity contribution in [2.24, 2.45) is 5.92 Å². The molecular formula is C22H26FN3O3. The molecule has 3 atom stereocenters. The van der Waals surface area contributed by atoms with Crippen molar-refractivity contribution in [3.8, 4) is 0 Å². The number of nitrogens with zero attached hydrogens (tertiary/aromatic N) is 2. The van der Waals surface area contributed by atoms with E-state index >= 15 is 0 Å². The molecule has 7 heteroatoms. The Kier molecular flexibility index (Phi) is 4.37. The molecule has 6 nitrogen and oxygen atoms in total. The number of carbonyl (C=O) groups excluding carboxylic acids is 3. The molecule has 3 aliphatic heterocycles. The largest absolute Gasteiger partial charge is 0.348 e. The number of likely N-dealkylation sites (tertiary alicyclic amines) is 2. The number of hydrogen-bond acceptors (Lipinski definition) is 3. The second-order valence-corrected chi connectivity index (χ2v) is 9.03. The first kappa shape index (κ1) is 18.6. The fourth-order valence-corrected chi connectivity index (χ4v) is 5.47. The average molecular weight is 399 g/mol. The molecule has 4 fully saturated rings. The zero-order valence-corrected chi connectivity index (χ0v) is 16.4. The summed E-state index contributed by atoms with van der Waals surface area (Å²) >= 11 is 0. The summed E-state index contributed by atoms with van der Waals surface area (Å²) in [5.74, 6) is -0.937. The third-order valence-electron chi connectivity index (χ3n) is 7.05. The molecule has 1 aliphatic carbocycles. The van der Waals surface area contributed by atoms with Gasteiger partial charge in [-0.3, -0.25) is 14.4 Å². The molecule has 1 saturated carbocycles. The second-order valence-electron chi connectivity index (χ2n) is 9.03. The number of piperidine rings is 1. The van der Waals surface area contributed by atoms with Gasteiger partial charge >= 0.3 is 0 Å².